The Labute approximate surface area is 122 Å². The number of benzene rings is 2. The standard InChI is InChI=1S/C15H8F2N2O3/c16-15(17)21-11-6-5-8(7-12(11)22-15)13-18-10-4-2-1-3-9(10)14(20)19-13/h1-7H,(H,18,19,20). The summed E-state index contributed by atoms with van der Waals surface area (Å²) in [5, 5.41) is 0.457. The van der Waals surface area contributed by atoms with Crippen LogP contribution in [0.4, 0.5) is 8.78 Å². The van der Waals surface area contributed by atoms with Crippen LogP contribution in [0.1, 0.15) is 0 Å². The minimum absolute atomic E-state index is 0.0584. The van der Waals surface area contributed by atoms with Crippen molar-refractivity contribution in [1.82, 2.24) is 9.97 Å². The molecular formula is C15H8F2N2O3. The van der Waals surface area contributed by atoms with Gasteiger partial charge in [0.15, 0.2) is 11.5 Å². The number of para-hydroxylation sites is 1. The number of rotatable bonds is 1. The first-order valence-corrected chi connectivity index (χ1v) is 6.41. The predicted octanol–water partition coefficient (Wildman–Crippen LogP) is 2.91. The first-order valence-electron chi connectivity index (χ1n) is 6.41. The maximum absolute atomic E-state index is 13.0. The molecule has 0 saturated carbocycles. The van der Waals surface area contributed by atoms with E-state index in [-0.39, 0.29) is 22.9 Å². The van der Waals surface area contributed by atoms with E-state index >= 15 is 0 Å². The molecule has 0 fully saturated rings. The molecule has 3 aromatic rings. The van der Waals surface area contributed by atoms with Crippen molar-refractivity contribution in [3.63, 3.8) is 0 Å². The number of ether oxygens (including phenoxy) is 2. The highest BCUT2D eigenvalue weighted by Crippen LogP contribution is 2.42. The summed E-state index contributed by atoms with van der Waals surface area (Å²) in [5.41, 5.74) is 0.663. The zero-order valence-corrected chi connectivity index (χ0v) is 11.0. The minimum Gasteiger partial charge on any atom is -0.395 e. The van der Waals surface area contributed by atoms with E-state index < -0.39 is 6.29 Å². The van der Waals surface area contributed by atoms with Crippen LogP contribution in [0.3, 0.4) is 0 Å². The Bertz CT molecular complexity index is 953. The number of H-pyrrole nitrogens is 1. The molecule has 0 unspecified atom stereocenters. The Morgan fingerprint density at radius 3 is 2.68 bits per heavy atom. The fraction of sp³-hybridized carbons (Fsp3) is 0.0667. The van der Waals surface area contributed by atoms with Gasteiger partial charge in [0, 0.05) is 5.56 Å². The molecule has 5 nitrogen and oxygen atoms in total. The molecule has 1 aliphatic rings. The van der Waals surface area contributed by atoms with Crippen LogP contribution in [0.25, 0.3) is 22.3 Å². The lowest BCUT2D eigenvalue weighted by Gasteiger charge is -2.04. The van der Waals surface area contributed by atoms with Crippen LogP contribution < -0.4 is 15.0 Å². The van der Waals surface area contributed by atoms with Gasteiger partial charge in [-0.15, -0.1) is 8.78 Å². The smallest absolute Gasteiger partial charge is 0.395 e. The van der Waals surface area contributed by atoms with Crippen molar-refractivity contribution in [2.75, 3.05) is 0 Å². The predicted molar refractivity (Wildman–Crippen MR) is 74.0 cm³/mol. The van der Waals surface area contributed by atoms with Gasteiger partial charge in [0.05, 0.1) is 10.9 Å². The van der Waals surface area contributed by atoms with Crippen LogP contribution in [0.5, 0.6) is 11.5 Å². The number of nitrogens with zero attached hydrogens (tertiary/aromatic N) is 1. The lowest BCUT2D eigenvalue weighted by molar-refractivity contribution is -0.286. The van der Waals surface area contributed by atoms with Gasteiger partial charge in [-0.3, -0.25) is 4.79 Å². The second kappa shape index (κ2) is 4.27. The van der Waals surface area contributed by atoms with E-state index in [1.54, 1.807) is 24.3 Å². The summed E-state index contributed by atoms with van der Waals surface area (Å²) < 4.78 is 34.8. The van der Waals surface area contributed by atoms with Crippen molar-refractivity contribution in [3.8, 4) is 22.9 Å². The lowest BCUT2D eigenvalue weighted by atomic mass is 10.1. The van der Waals surface area contributed by atoms with Gasteiger partial charge in [0.1, 0.15) is 5.82 Å². The van der Waals surface area contributed by atoms with E-state index in [4.69, 9.17) is 0 Å². The largest absolute Gasteiger partial charge is 0.586 e. The van der Waals surface area contributed by atoms with Gasteiger partial charge in [-0.1, -0.05) is 12.1 Å². The van der Waals surface area contributed by atoms with Gasteiger partial charge < -0.3 is 14.5 Å². The van der Waals surface area contributed by atoms with Crippen LogP contribution >= 0.6 is 0 Å². The first kappa shape index (κ1) is 12.8. The normalized spacial score (nSPS) is 15.2. The molecular weight excluding hydrogens is 294 g/mol. The molecule has 110 valence electrons. The number of fused-ring (bicyclic) bond motifs is 2. The van der Waals surface area contributed by atoms with Crippen molar-refractivity contribution >= 4 is 10.9 Å². The van der Waals surface area contributed by atoms with Gasteiger partial charge >= 0.3 is 6.29 Å². The molecule has 0 saturated heterocycles. The number of halogens is 2. The van der Waals surface area contributed by atoms with Crippen LogP contribution in [0, 0.1) is 0 Å². The Morgan fingerprint density at radius 2 is 1.82 bits per heavy atom. The number of hydrogen-bond donors (Lipinski definition) is 1. The number of nitrogens with one attached hydrogen (secondary N) is 1. The molecule has 1 N–H and O–H groups in total. The first-order chi connectivity index (χ1) is 10.5. The molecule has 0 aliphatic carbocycles. The Hall–Kier alpha value is -2.96. The summed E-state index contributed by atoms with van der Waals surface area (Å²) in [6.07, 6.45) is -3.68. The molecule has 0 amide bonds. The van der Waals surface area contributed by atoms with Gasteiger partial charge in [0.25, 0.3) is 5.56 Å². The maximum Gasteiger partial charge on any atom is 0.586 e. The van der Waals surface area contributed by atoms with E-state index in [0.29, 0.717) is 16.5 Å². The van der Waals surface area contributed by atoms with Gasteiger partial charge in [-0.25, -0.2) is 4.98 Å². The van der Waals surface area contributed by atoms with E-state index in [2.05, 4.69) is 19.4 Å². The molecule has 0 bridgehead atoms. The topological polar surface area (TPSA) is 64.2 Å². The number of alkyl halides is 2. The lowest BCUT2D eigenvalue weighted by Crippen LogP contribution is -2.25. The highest BCUT2D eigenvalue weighted by atomic mass is 19.3. The van der Waals surface area contributed by atoms with Crippen molar-refractivity contribution in [3.05, 3.63) is 52.8 Å². The SMILES string of the molecule is O=c1[nH]c(-c2ccc3c(c2)OC(F)(F)O3)nc2ccccc12. The van der Waals surface area contributed by atoms with Crippen LogP contribution in [-0.2, 0) is 0 Å². The fourth-order valence-corrected chi connectivity index (χ4v) is 2.32. The molecule has 2 aromatic carbocycles. The summed E-state index contributed by atoms with van der Waals surface area (Å²) in [6.45, 7) is 0. The molecule has 22 heavy (non-hydrogen) atoms. The minimum atomic E-state index is -3.68. The van der Waals surface area contributed by atoms with E-state index in [9.17, 15) is 13.6 Å². The average molecular weight is 302 g/mol. The number of hydrogen-bond acceptors (Lipinski definition) is 4. The van der Waals surface area contributed by atoms with Crippen LogP contribution in [0.15, 0.2) is 47.3 Å². The molecule has 0 radical (unpaired) electrons. The Kier molecular flexibility index (Phi) is 2.47. The molecule has 1 aromatic heterocycles. The van der Waals surface area contributed by atoms with Gasteiger partial charge in [-0.05, 0) is 30.3 Å². The summed E-state index contributed by atoms with van der Waals surface area (Å²) in [4.78, 5) is 19.0. The Morgan fingerprint density at radius 1 is 1.05 bits per heavy atom. The zero-order valence-electron chi connectivity index (χ0n) is 11.0. The van der Waals surface area contributed by atoms with E-state index in [1.807, 2.05) is 0 Å². The van der Waals surface area contributed by atoms with Crippen LogP contribution in [0.2, 0.25) is 0 Å². The highest BCUT2D eigenvalue weighted by Gasteiger charge is 2.43. The third-order valence-corrected chi connectivity index (χ3v) is 3.29. The molecule has 0 spiro atoms. The van der Waals surface area contributed by atoms with E-state index in [1.165, 1.54) is 18.2 Å². The average Bonchev–Trinajstić information content (AvgIpc) is 2.80. The third-order valence-electron chi connectivity index (χ3n) is 3.29. The van der Waals surface area contributed by atoms with Crippen molar-refractivity contribution in [1.29, 1.82) is 0 Å². The summed E-state index contributed by atoms with van der Waals surface area (Å²) in [7, 11) is 0. The Balaban J connectivity index is 1.85. The third kappa shape index (κ3) is 1.98. The maximum atomic E-state index is 13.0. The summed E-state index contributed by atoms with van der Waals surface area (Å²) in [6, 6.07) is 11.1. The monoisotopic (exact) mass is 302 g/mol. The van der Waals surface area contributed by atoms with Gasteiger partial charge in [0.2, 0.25) is 0 Å². The second-order valence-corrected chi connectivity index (χ2v) is 4.76. The van der Waals surface area contributed by atoms with Crippen LogP contribution in [-0.4, -0.2) is 16.3 Å². The second-order valence-electron chi connectivity index (χ2n) is 4.76. The summed E-state index contributed by atoms with van der Waals surface area (Å²) >= 11 is 0. The summed E-state index contributed by atoms with van der Waals surface area (Å²) in [5.74, 6) is 0.112. The fourth-order valence-electron chi connectivity index (χ4n) is 2.32. The molecule has 7 heteroatoms. The van der Waals surface area contributed by atoms with Gasteiger partial charge in [-0.2, -0.15) is 0 Å². The van der Waals surface area contributed by atoms with E-state index in [0.717, 1.165) is 0 Å². The molecule has 2 heterocycles. The molecule has 0 atom stereocenters. The number of aromatic amines is 1. The quantitative estimate of drug-likeness (QED) is 0.750. The molecule has 4 rings (SSSR count). The van der Waals surface area contributed by atoms with Crippen molar-refractivity contribution in [2.45, 2.75) is 6.29 Å². The number of aromatic nitrogens is 2. The van der Waals surface area contributed by atoms with Crippen molar-refractivity contribution < 1.29 is 18.3 Å². The highest BCUT2D eigenvalue weighted by molar-refractivity contribution is 5.79. The van der Waals surface area contributed by atoms with Crippen molar-refractivity contribution in [2.24, 2.45) is 0 Å². The molecule has 1 aliphatic heterocycles. The zero-order chi connectivity index (χ0) is 15.3.